The molecule has 0 aliphatic rings. The molecule has 3 N–H and O–H groups in total. The number of rotatable bonds is 1. The third-order valence-corrected chi connectivity index (χ3v) is 3.46. The molecule has 2 aromatic heterocycles. The second-order valence-electron chi connectivity index (χ2n) is 4.53. The van der Waals surface area contributed by atoms with Crippen LogP contribution in [0.25, 0.3) is 21.8 Å². The SMILES string of the molecule is CCc1[nH]c(N)cc2c3c(=O)cccc3n(C)c12. The molecule has 4 heteroatoms. The first-order chi connectivity index (χ1) is 8.63. The van der Waals surface area contributed by atoms with Crippen molar-refractivity contribution in [1.29, 1.82) is 0 Å². The highest BCUT2D eigenvalue weighted by Crippen LogP contribution is 2.28. The van der Waals surface area contributed by atoms with Crippen molar-refractivity contribution < 1.29 is 0 Å². The standard InChI is InChI=1S/C14H15N3O/c1-3-9-14-8(7-12(15)16-9)13-10(17(14)2)5-4-6-11(13)18/h4-7,16H,3,15H2,1-2H3. The van der Waals surface area contributed by atoms with Gasteiger partial charge in [-0.25, -0.2) is 0 Å². The number of benzene rings is 1. The van der Waals surface area contributed by atoms with E-state index in [1.807, 2.05) is 19.2 Å². The summed E-state index contributed by atoms with van der Waals surface area (Å²) in [6.45, 7) is 2.07. The van der Waals surface area contributed by atoms with Crippen LogP contribution in [0.1, 0.15) is 12.6 Å². The fourth-order valence-corrected chi connectivity index (χ4v) is 2.68. The van der Waals surface area contributed by atoms with Gasteiger partial charge < -0.3 is 15.3 Å². The Hall–Kier alpha value is -2.23. The topological polar surface area (TPSA) is 63.8 Å². The number of aryl methyl sites for hydroxylation is 2. The number of hydrogen-bond acceptors (Lipinski definition) is 2. The number of nitrogens with one attached hydrogen (secondary N) is 1. The van der Waals surface area contributed by atoms with Crippen LogP contribution in [-0.2, 0) is 13.5 Å². The molecule has 0 radical (unpaired) electrons. The van der Waals surface area contributed by atoms with Gasteiger partial charge in [0.15, 0.2) is 5.43 Å². The van der Waals surface area contributed by atoms with Crippen LogP contribution in [0.15, 0.2) is 29.1 Å². The summed E-state index contributed by atoms with van der Waals surface area (Å²) in [4.78, 5) is 15.2. The Kier molecular flexibility index (Phi) is 2.20. The number of pyridine rings is 1. The quantitative estimate of drug-likeness (QED) is 0.685. The summed E-state index contributed by atoms with van der Waals surface area (Å²) in [5.41, 5.74) is 9.00. The minimum atomic E-state index is 0.0470. The van der Waals surface area contributed by atoms with Gasteiger partial charge in [0.1, 0.15) is 5.82 Å². The monoisotopic (exact) mass is 241 g/mol. The van der Waals surface area contributed by atoms with E-state index in [9.17, 15) is 4.79 Å². The Morgan fingerprint density at radius 3 is 2.89 bits per heavy atom. The third kappa shape index (κ3) is 1.29. The van der Waals surface area contributed by atoms with Crippen LogP contribution in [0.5, 0.6) is 0 Å². The van der Waals surface area contributed by atoms with Crippen molar-refractivity contribution in [3.8, 4) is 0 Å². The van der Waals surface area contributed by atoms with Crippen molar-refractivity contribution in [3.05, 3.63) is 40.2 Å². The molecule has 0 bridgehead atoms. The smallest absolute Gasteiger partial charge is 0.188 e. The zero-order valence-electron chi connectivity index (χ0n) is 10.4. The summed E-state index contributed by atoms with van der Waals surface area (Å²) in [5, 5.41) is 1.69. The van der Waals surface area contributed by atoms with E-state index in [0.717, 1.165) is 33.9 Å². The molecule has 2 heterocycles. The number of nitrogens with zero attached hydrogens (tertiary/aromatic N) is 1. The molecule has 0 amide bonds. The van der Waals surface area contributed by atoms with Crippen LogP contribution >= 0.6 is 0 Å². The molecular formula is C14H15N3O. The van der Waals surface area contributed by atoms with E-state index in [4.69, 9.17) is 5.73 Å². The summed E-state index contributed by atoms with van der Waals surface area (Å²) >= 11 is 0. The van der Waals surface area contributed by atoms with Crippen LogP contribution in [0.3, 0.4) is 0 Å². The van der Waals surface area contributed by atoms with Crippen molar-refractivity contribution >= 4 is 27.6 Å². The van der Waals surface area contributed by atoms with E-state index >= 15 is 0 Å². The Morgan fingerprint density at radius 2 is 2.17 bits per heavy atom. The lowest BCUT2D eigenvalue weighted by Crippen LogP contribution is -1.98. The largest absolute Gasteiger partial charge is 0.385 e. The average molecular weight is 241 g/mol. The number of fused-ring (bicyclic) bond motifs is 3. The van der Waals surface area contributed by atoms with E-state index < -0.39 is 0 Å². The number of hydrogen-bond donors (Lipinski definition) is 2. The van der Waals surface area contributed by atoms with Crippen LogP contribution in [0.2, 0.25) is 0 Å². The van der Waals surface area contributed by atoms with Crippen molar-refractivity contribution in [2.45, 2.75) is 13.3 Å². The second-order valence-corrected chi connectivity index (χ2v) is 4.53. The molecule has 3 rings (SSSR count). The highest BCUT2D eigenvalue weighted by atomic mass is 16.1. The minimum absolute atomic E-state index is 0.0470. The molecular weight excluding hydrogens is 226 g/mol. The molecule has 0 saturated carbocycles. The van der Waals surface area contributed by atoms with Gasteiger partial charge in [0.25, 0.3) is 0 Å². The van der Waals surface area contributed by atoms with Gasteiger partial charge in [-0.2, -0.15) is 0 Å². The Bertz CT molecular complexity index is 811. The summed E-state index contributed by atoms with van der Waals surface area (Å²) < 4.78 is 2.06. The minimum Gasteiger partial charge on any atom is -0.385 e. The lowest BCUT2D eigenvalue weighted by Gasteiger charge is -2.06. The first kappa shape index (κ1) is 10.9. The molecule has 0 unspecified atom stereocenters. The van der Waals surface area contributed by atoms with Crippen molar-refractivity contribution in [1.82, 2.24) is 9.55 Å². The first-order valence-electron chi connectivity index (χ1n) is 6.02. The maximum atomic E-state index is 12.1. The van der Waals surface area contributed by atoms with E-state index in [1.165, 1.54) is 0 Å². The van der Waals surface area contributed by atoms with Crippen molar-refractivity contribution in [2.24, 2.45) is 7.05 Å². The lowest BCUT2D eigenvalue weighted by atomic mass is 10.1. The Balaban J connectivity index is 2.69. The highest BCUT2D eigenvalue weighted by Gasteiger charge is 2.14. The van der Waals surface area contributed by atoms with Gasteiger partial charge in [0, 0.05) is 18.1 Å². The number of nitrogen functional groups attached to an aromatic ring is 1. The van der Waals surface area contributed by atoms with E-state index in [2.05, 4.69) is 16.5 Å². The summed E-state index contributed by atoms with van der Waals surface area (Å²) in [6, 6.07) is 7.20. The number of aromatic nitrogens is 2. The fourth-order valence-electron chi connectivity index (χ4n) is 2.68. The van der Waals surface area contributed by atoms with Crippen LogP contribution in [0.4, 0.5) is 5.82 Å². The molecule has 4 nitrogen and oxygen atoms in total. The van der Waals surface area contributed by atoms with E-state index in [0.29, 0.717) is 5.82 Å². The van der Waals surface area contributed by atoms with Crippen LogP contribution in [-0.4, -0.2) is 9.55 Å². The molecule has 0 aliphatic carbocycles. The summed E-state index contributed by atoms with van der Waals surface area (Å²) in [7, 11) is 1.98. The van der Waals surface area contributed by atoms with Gasteiger partial charge in [-0.1, -0.05) is 13.0 Å². The highest BCUT2D eigenvalue weighted by molar-refractivity contribution is 6.09. The molecule has 3 aromatic rings. The Morgan fingerprint density at radius 1 is 1.39 bits per heavy atom. The van der Waals surface area contributed by atoms with E-state index in [-0.39, 0.29) is 5.43 Å². The van der Waals surface area contributed by atoms with Crippen molar-refractivity contribution in [3.63, 3.8) is 0 Å². The molecule has 0 saturated heterocycles. The normalized spacial score (nSPS) is 11.4. The molecule has 0 atom stereocenters. The summed E-state index contributed by atoms with van der Waals surface area (Å²) in [6.07, 6.45) is 0.847. The van der Waals surface area contributed by atoms with Crippen LogP contribution in [0, 0.1) is 0 Å². The average Bonchev–Trinajstić information content (AvgIpc) is 2.63. The van der Waals surface area contributed by atoms with Gasteiger partial charge in [-0.15, -0.1) is 0 Å². The van der Waals surface area contributed by atoms with E-state index in [1.54, 1.807) is 12.1 Å². The zero-order valence-corrected chi connectivity index (χ0v) is 10.4. The van der Waals surface area contributed by atoms with Crippen molar-refractivity contribution in [2.75, 3.05) is 5.73 Å². The molecule has 0 fully saturated rings. The van der Waals surface area contributed by atoms with Gasteiger partial charge in [-0.3, -0.25) is 4.79 Å². The molecule has 1 aromatic carbocycles. The molecule has 18 heavy (non-hydrogen) atoms. The number of nitrogens with two attached hydrogens (primary N) is 1. The van der Waals surface area contributed by atoms with Crippen LogP contribution < -0.4 is 11.2 Å². The molecule has 0 spiro atoms. The first-order valence-corrected chi connectivity index (χ1v) is 6.02. The molecule has 92 valence electrons. The second kappa shape index (κ2) is 3.63. The Labute approximate surface area is 104 Å². The van der Waals surface area contributed by atoms with Gasteiger partial charge in [-0.05, 0) is 24.6 Å². The lowest BCUT2D eigenvalue weighted by molar-refractivity contribution is 0.970. The third-order valence-electron chi connectivity index (χ3n) is 3.46. The van der Waals surface area contributed by atoms with Gasteiger partial charge >= 0.3 is 0 Å². The fraction of sp³-hybridized carbons (Fsp3) is 0.214. The summed E-state index contributed by atoms with van der Waals surface area (Å²) in [5.74, 6) is 0.593. The maximum absolute atomic E-state index is 12.1. The van der Waals surface area contributed by atoms with Gasteiger partial charge in [0.05, 0.1) is 16.4 Å². The zero-order chi connectivity index (χ0) is 12.9. The predicted molar refractivity (Wildman–Crippen MR) is 74.8 cm³/mol. The number of H-pyrrole nitrogens is 1. The number of anilines is 1. The predicted octanol–water partition coefficient (Wildman–Crippen LogP) is 2.16. The number of aromatic amines is 1. The van der Waals surface area contributed by atoms with Gasteiger partial charge in [0.2, 0.25) is 0 Å². The maximum Gasteiger partial charge on any atom is 0.188 e. The molecule has 0 aliphatic heterocycles.